The number of hydrogen-bond donors (Lipinski definition) is 0. The van der Waals surface area contributed by atoms with Crippen molar-refractivity contribution in [1.29, 1.82) is 0 Å². The zero-order chi connectivity index (χ0) is 11.3. The highest BCUT2D eigenvalue weighted by molar-refractivity contribution is 5.91. The van der Waals surface area contributed by atoms with Gasteiger partial charge in [-0.1, -0.05) is 19.9 Å². The molecule has 1 aromatic heterocycles. The van der Waals surface area contributed by atoms with E-state index in [4.69, 9.17) is 0 Å². The van der Waals surface area contributed by atoms with E-state index in [0.29, 0.717) is 5.78 Å². The molecule has 2 heteroatoms. The molecule has 1 heterocycles. The van der Waals surface area contributed by atoms with E-state index < -0.39 is 0 Å². The van der Waals surface area contributed by atoms with Crippen LogP contribution in [0.2, 0.25) is 0 Å². The van der Waals surface area contributed by atoms with Crippen LogP contribution in [-0.2, 0) is 11.2 Å². The van der Waals surface area contributed by atoms with E-state index in [1.165, 1.54) is 5.56 Å². The zero-order valence-electron chi connectivity index (χ0n) is 9.86. The topological polar surface area (TPSA) is 30.0 Å². The molecule has 2 unspecified atom stereocenters. The smallest absolute Gasteiger partial charge is 0.145 e. The summed E-state index contributed by atoms with van der Waals surface area (Å²) in [5, 5.41) is 0. The fourth-order valence-corrected chi connectivity index (χ4v) is 2.89. The number of carbonyl (C=O) groups excluding carboxylic acids is 1. The van der Waals surface area contributed by atoms with Gasteiger partial charge in [-0.25, -0.2) is 0 Å². The Labute approximate surface area is 96.1 Å². The van der Waals surface area contributed by atoms with Crippen molar-refractivity contribution in [1.82, 2.24) is 4.98 Å². The van der Waals surface area contributed by atoms with Crippen molar-refractivity contribution in [3.63, 3.8) is 0 Å². The molecule has 1 fully saturated rings. The Hall–Kier alpha value is -1.18. The predicted octanol–water partition coefficient (Wildman–Crippen LogP) is 2.73. The quantitative estimate of drug-likeness (QED) is 0.759. The number of carbonyl (C=O) groups is 1. The lowest BCUT2D eigenvalue weighted by Gasteiger charge is -2.10. The second kappa shape index (κ2) is 3.16. The molecule has 16 heavy (non-hydrogen) atoms. The minimum Gasteiger partial charge on any atom is -0.299 e. The maximum absolute atomic E-state index is 12.3. The van der Waals surface area contributed by atoms with Crippen molar-refractivity contribution in [3.8, 4) is 0 Å². The first-order chi connectivity index (χ1) is 7.59. The Kier molecular flexibility index (Phi) is 1.97. The fourth-order valence-electron chi connectivity index (χ4n) is 2.89. The highest BCUT2D eigenvalue weighted by atomic mass is 16.1. The van der Waals surface area contributed by atoms with E-state index in [0.717, 1.165) is 25.0 Å². The van der Waals surface area contributed by atoms with Crippen molar-refractivity contribution in [2.45, 2.75) is 39.0 Å². The lowest BCUT2D eigenvalue weighted by atomic mass is 9.94. The Morgan fingerprint density at radius 2 is 2.25 bits per heavy atom. The van der Waals surface area contributed by atoms with Gasteiger partial charge < -0.3 is 0 Å². The molecule has 1 saturated carbocycles. The maximum atomic E-state index is 12.3. The first-order valence-electron chi connectivity index (χ1n) is 6.07. The normalized spacial score (nSPS) is 29.9. The molecule has 0 radical (unpaired) electrons. The summed E-state index contributed by atoms with van der Waals surface area (Å²) in [4.78, 5) is 16.7. The zero-order valence-corrected chi connectivity index (χ0v) is 9.86. The minimum atomic E-state index is 0.0861. The van der Waals surface area contributed by atoms with Gasteiger partial charge in [0.25, 0.3) is 0 Å². The molecule has 0 N–H and O–H groups in total. The van der Waals surface area contributed by atoms with Crippen LogP contribution in [0.3, 0.4) is 0 Å². The first kappa shape index (κ1) is 10.0. The maximum Gasteiger partial charge on any atom is 0.145 e. The molecule has 0 bridgehead atoms. The molecule has 2 nitrogen and oxygen atoms in total. The summed E-state index contributed by atoms with van der Waals surface area (Å²) in [5.74, 6) is 0.802. The van der Waals surface area contributed by atoms with E-state index in [-0.39, 0.29) is 17.3 Å². The molecular formula is C14H17NO. The van der Waals surface area contributed by atoms with Gasteiger partial charge in [-0.3, -0.25) is 9.78 Å². The molecule has 1 aromatic rings. The Morgan fingerprint density at radius 3 is 2.94 bits per heavy atom. The molecule has 84 valence electrons. The summed E-state index contributed by atoms with van der Waals surface area (Å²) >= 11 is 0. The third-order valence-electron chi connectivity index (χ3n) is 4.16. The number of ketones is 1. The Balaban J connectivity index is 1.86. The number of pyridine rings is 1. The molecule has 0 aromatic carbocycles. The van der Waals surface area contributed by atoms with Crippen LogP contribution in [0, 0.1) is 11.3 Å². The molecule has 0 spiro atoms. The summed E-state index contributed by atoms with van der Waals surface area (Å²) in [7, 11) is 0. The van der Waals surface area contributed by atoms with Crippen LogP contribution in [0.15, 0.2) is 18.3 Å². The number of rotatable bonds is 2. The molecule has 0 amide bonds. The second-order valence-corrected chi connectivity index (χ2v) is 5.79. The lowest BCUT2D eigenvalue weighted by molar-refractivity contribution is -0.122. The monoisotopic (exact) mass is 215 g/mol. The number of hydrogen-bond acceptors (Lipinski definition) is 2. The van der Waals surface area contributed by atoms with Crippen molar-refractivity contribution < 1.29 is 4.79 Å². The SMILES string of the molecule is CC1(C)CC1C(=O)C1CCc2cccnc21. The van der Waals surface area contributed by atoms with Gasteiger partial charge in [0.2, 0.25) is 0 Å². The number of aryl methyl sites for hydroxylation is 1. The van der Waals surface area contributed by atoms with Gasteiger partial charge in [0.15, 0.2) is 0 Å². The average Bonchev–Trinajstić information content (AvgIpc) is 2.74. The molecule has 0 aliphatic heterocycles. The van der Waals surface area contributed by atoms with Gasteiger partial charge >= 0.3 is 0 Å². The lowest BCUT2D eigenvalue weighted by Crippen LogP contribution is -2.15. The van der Waals surface area contributed by atoms with Gasteiger partial charge in [-0.15, -0.1) is 0 Å². The van der Waals surface area contributed by atoms with E-state index in [1.54, 1.807) is 0 Å². The van der Waals surface area contributed by atoms with Crippen LogP contribution in [0.1, 0.15) is 43.9 Å². The third-order valence-corrected chi connectivity index (χ3v) is 4.16. The summed E-state index contributed by atoms with van der Waals surface area (Å²) in [6.07, 6.45) is 4.86. The average molecular weight is 215 g/mol. The highest BCUT2D eigenvalue weighted by Crippen LogP contribution is 2.54. The summed E-state index contributed by atoms with van der Waals surface area (Å²) < 4.78 is 0. The molecule has 0 saturated heterocycles. The number of nitrogens with zero attached hydrogens (tertiary/aromatic N) is 1. The van der Waals surface area contributed by atoms with Crippen LogP contribution < -0.4 is 0 Å². The van der Waals surface area contributed by atoms with Crippen molar-refractivity contribution in [2.75, 3.05) is 0 Å². The van der Waals surface area contributed by atoms with E-state index in [1.807, 2.05) is 12.3 Å². The number of Topliss-reactive ketones (excluding diaryl/α,β-unsaturated/α-hetero) is 1. The van der Waals surface area contributed by atoms with Gasteiger partial charge in [0.05, 0.1) is 11.6 Å². The van der Waals surface area contributed by atoms with Crippen molar-refractivity contribution in [3.05, 3.63) is 29.6 Å². The van der Waals surface area contributed by atoms with Crippen LogP contribution >= 0.6 is 0 Å². The van der Waals surface area contributed by atoms with Crippen LogP contribution in [-0.4, -0.2) is 10.8 Å². The standard InChI is InChI=1S/C14H17NO/c1-14(2)8-11(14)13(16)10-6-5-9-4-3-7-15-12(9)10/h3-4,7,10-11H,5-6,8H2,1-2H3. The predicted molar refractivity (Wildman–Crippen MR) is 62.2 cm³/mol. The van der Waals surface area contributed by atoms with Gasteiger partial charge in [0.1, 0.15) is 5.78 Å². The second-order valence-electron chi connectivity index (χ2n) is 5.79. The van der Waals surface area contributed by atoms with Gasteiger partial charge in [-0.05, 0) is 36.3 Å². The fraction of sp³-hybridized carbons (Fsp3) is 0.571. The minimum absolute atomic E-state index is 0.0861. The molecule has 2 aliphatic rings. The summed E-state index contributed by atoms with van der Waals surface area (Å²) in [6, 6.07) is 4.07. The number of aromatic nitrogens is 1. The molecular weight excluding hydrogens is 198 g/mol. The van der Waals surface area contributed by atoms with Crippen molar-refractivity contribution >= 4 is 5.78 Å². The van der Waals surface area contributed by atoms with Crippen LogP contribution in [0.5, 0.6) is 0 Å². The first-order valence-corrected chi connectivity index (χ1v) is 6.07. The van der Waals surface area contributed by atoms with E-state index >= 15 is 0 Å². The Bertz CT molecular complexity index is 450. The van der Waals surface area contributed by atoms with E-state index in [2.05, 4.69) is 24.9 Å². The highest BCUT2D eigenvalue weighted by Gasteiger charge is 2.52. The molecule has 2 atom stereocenters. The van der Waals surface area contributed by atoms with Gasteiger partial charge in [-0.2, -0.15) is 0 Å². The summed E-state index contributed by atoms with van der Waals surface area (Å²) in [5.41, 5.74) is 2.57. The third kappa shape index (κ3) is 1.40. The molecule has 3 rings (SSSR count). The Morgan fingerprint density at radius 1 is 1.50 bits per heavy atom. The number of fused-ring (bicyclic) bond motifs is 1. The van der Waals surface area contributed by atoms with E-state index in [9.17, 15) is 4.79 Å². The van der Waals surface area contributed by atoms with Crippen LogP contribution in [0.4, 0.5) is 0 Å². The van der Waals surface area contributed by atoms with Gasteiger partial charge in [0, 0.05) is 12.1 Å². The molecule has 2 aliphatic carbocycles. The van der Waals surface area contributed by atoms with Crippen LogP contribution in [0.25, 0.3) is 0 Å². The summed E-state index contributed by atoms with van der Waals surface area (Å²) in [6.45, 7) is 4.37. The van der Waals surface area contributed by atoms with Crippen molar-refractivity contribution in [2.24, 2.45) is 11.3 Å². The largest absolute Gasteiger partial charge is 0.299 e.